The van der Waals surface area contributed by atoms with E-state index in [0.29, 0.717) is 31.1 Å². The average Bonchev–Trinajstić information content (AvgIpc) is 3.27. The van der Waals surface area contributed by atoms with Gasteiger partial charge in [-0.1, -0.05) is 18.2 Å². The maximum atomic E-state index is 12.7. The number of amides is 2. The number of nitrogens with zero attached hydrogens (tertiary/aromatic N) is 4. The number of anilines is 1. The number of para-hydroxylation sites is 1. The minimum atomic E-state index is -0.0705. The number of likely N-dealkylation sites (tertiary alicyclic amines) is 1. The summed E-state index contributed by atoms with van der Waals surface area (Å²) in [5, 5.41) is 3.16. The number of ether oxygens (including phenoxy) is 1. The lowest BCUT2D eigenvalue weighted by molar-refractivity contribution is -0.134. The van der Waals surface area contributed by atoms with E-state index in [1.54, 1.807) is 11.8 Å². The van der Waals surface area contributed by atoms with Crippen molar-refractivity contribution in [1.82, 2.24) is 19.8 Å². The van der Waals surface area contributed by atoms with Crippen LogP contribution in [0.15, 0.2) is 30.3 Å². The molecule has 1 N–H and O–H groups in total. The van der Waals surface area contributed by atoms with Crippen molar-refractivity contribution in [3.63, 3.8) is 0 Å². The minimum absolute atomic E-state index is 0.00280. The van der Waals surface area contributed by atoms with Gasteiger partial charge in [0.05, 0.1) is 18.3 Å². The summed E-state index contributed by atoms with van der Waals surface area (Å²) in [6, 6.07) is 9.26. The zero-order valence-corrected chi connectivity index (χ0v) is 17.4. The second-order valence-electron chi connectivity index (χ2n) is 7.64. The number of carbonyl (C=O) groups excluding carboxylic acids is 2. The third-order valence-electron chi connectivity index (χ3n) is 5.73. The van der Waals surface area contributed by atoms with E-state index in [0.717, 1.165) is 36.5 Å². The van der Waals surface area contributed by atoms with E-state index in [1.165, 1.54) is 0 Å². The van der Waals surface area contributed by atoms with Gasteiger partial charge in [-0.15, -0.1) is 0 Å². The highest BCUT2D eigenvalue weighted by Crippen LogP contribution is 2.33. The van der Waals surface area contributed by atoms with Crippen molar-refractivity contribution in [2.45, 2.75) is 38.8 Å². The zero-order chi connectivity index (χ0) is 21.1. The predicted octanol–water partition coefficient (Wildman–Crippen LogP) is 2.17. The van der Waals surface area contributed by atoms with E-state index in [4.69, 9.17) is 14.7 Å². The fraction of sp³-hybridized carbons (Fsp3) is 0.455. The number of hydrogen-bond acceptors (Lipinski definition) is 6. The molecule has 4 rings (SSSR count). The number of fused-ring (bicyclic) bond motifs is 1. The smallest absolute Gasteiger partial charge is 0.260 e. The predicted molar refractivity (Wildman–Crippen MR) is 112 cm³/mol. The number of rotatable bonds is 5. The molecule has 1 atom stereocenters. The molecule has 0 saturated carbocycles. The largest absolute Gasteiger partial charge is 0.484 e. The number of nitrogens with one attached hydrogen (secondary N) is 1. The quantitative estimate of drug-likeness (QED) is 0.814. The molecule has 158 valence electrons. The maximum Gasteiger partial charge on any atom is 0.260 e. The molecule has 0 bridgehead atoms. The van der Waals surface area contributed by atoms with Crippen molar-refractivity contribution in [2.24, 2.45) is 0 Å². The Balaban J connectivity index is 1.49. The lowest BCUT2D eigenvalue weighted by atomic mass is 10.0. The van der Waals surface area contributed by atoms with Gasteiger partial charge in [-0.25, -0.2) is 9.97 Å². The van der Waals surface area contributed by atoms with Crippen LogP contribution in [0.3, 0.4) is 0 Å². The SMILES string of the molecule is CNc1nc(C2CCCN2C(C)=O)nc2c1CN(C(=O)COc1ccccc1)CC2. The Labute approximate surface area is 176 Å². The number of carbonyl (C=O) groups is 2. The van der Waals surface area contributed by atoms with Crippen LogP contribution in [0.1, 0.15) is 42.9 Å². The minimum Gasteiger partial charge on any atom is -0.484 e. The van der Waals surface area contributed by atoms with Crippen LogP contribution < -0.4 is 10.1 Å². The fourth-order valence-corrected chi connectivity index (χ4v) is 4.17. The molecule has 0 aliphatic carbocycles. The summed E-state index contributed by atoms with van der Waals surface area (Å²) < 4.78 is 5.61. The van der Waals surface area contributed by atoms with Gasteiger partial charge in [0, 0.05) is 39.0 Å². The van der Waals surface area contributed by atoms with E-state index in [9.17, 15) is 9.59 Å². The molecule has 1 aromatic heterocycles. The molecule has 2 aliphatic rings. The van der Waals surface area contributed by atoms with Crippen molar-refractivity contribution in [3.05, 3.63) is 47.4 Å². The second kappa shape index (κ2) is 8.69. The molecule has 3 heterocycles. The van der Waals surface area contributed by atoms with Gasteiger partial charge in [-0.3, -0.25) is 9.59 Å². The van der Waals surface area contributed by atoms with E-state index < -0.39 is 0 Å². The molecular weight excluding hydrogens is 382 g/mol. The Hall–Kier alpha value is -3.16. The van der Waals surface area contributed by atoms with Crippen LogP contribution >= 0.6 is 0 Å². The molecule has 30 heavy (non-hydrogen) atoms. The lowest BCUT2D eigenvalue weighted by Gasteiger charge is -2.30. The van der Waals surface area contributed by atoms with Crippen LogP contribution in [0, 0.1) is 0 Å². The summed E-state index contributed by atoms with van der Waals surface area (Å²) >= 11 is 0. The molecule has 0 spiro atoms. The van der Waals surface area contributed by atoms with Crippen LogP contribution in [-0.4, -0.2) is 58.3 Å². The normalized spacial score (nSPS) is 18.1. The summed E-state index contributed by atoms with van der Waals surface area (Å²) in [7, 11) is 1.82. The van der Waals surface area contributed by atoms with E-state index >= 15 is 0 Å². The zero-order valence-electron chi connectivity index (χ0n) is 17.4. The van der Waals surface area contributed by atoms with Gasteiger partial charge >= 0.3 is 0 Å². The Morgan fingerprint density at radius 2 is 2.00 bits per heavy atom. The van der Waals surface area contributed by atoms with Crippen molar-refractivity contribution in [2.75, 3.05) is 32.1 Å². The number of hydrogen-bond donors (Lipinski definition) is 1. The highest BCUT2D eigenvalue weighted by atomic mass is 16.5. The Morgan fingerprint density at radius 3 is 2.73 bits per heavy atom. The highest BCUT2D eigenvalue weighted by molar-refractivity contribution is 5.78. The number of aromatic nitrogens is 2. The first kappa shape index (κ1) is 20.1. The third kappa shape index (κ3) is 4.08. The summed E-state index contributed by atoms with van der Waals surface area (Å²) in [6.45, 7) is 3.38. The molecule has 8 heteroatoms. The molecule has 1 fully saturated rings. The monoisotopic (exact) mass is 409 g/mol. The third-order valence-corrected chi connectivity index (χ3v) is 5.73. The Bertz CT molecular complexity index is 917. The molecular formula is C22H27N5O3. The first-order chi connectivity index (χ1) is 14.6. The maximum absolute atomic E-state index is 12.7. The van der Waals surface area contributed by atoms with Crippen molar-refractivity contribution < 1.29 is 14.3 Å². The molecule has 8 nitrogen and oxygen atoms in total. The van der Waals surface area contributed by atoms with Gasteiger partial charge in [0.2, 0.25) is 5.91 Å². The van der Waals surface area contributed by atoms with Gasteiger partial charge in [-0.2, -0.15) is 0 Å². The van der Waals surface area contributed by atoms with Gasteiger partial charge in [0.1, 0.15) is 11.6 Å². The summed E-state index contributed by atoms with van der Waals surface area (Å²) in [6.07, 6.45) is 2.50. The van der Waals surface area contributed by atoms with Crippen LogP contribution in [0.25, 0.3) is 0 Å². The van der Waals surface area contributed by atoms with Gasteiger partial charge in [0.15, 0.2) is 12.4 Å². The highest BCUT2D eigenvalue weighted by Gasteiger charge is 2.32. The van der Waals surface area contributed by atoms with Gasteiger partial charge in [-0.05, 0) is 25.0 Å². The first-order valence-corrected chi connectivity index (χ1v) is 10.4. The van der Waals surface area contributed by atoms with E-state index in [2.05, 4.69) is 5.32 Å². The van der Waals surface area contributed by atoms with Gasteiger partial charge < -0.3 is 19.9 Å². The Kier molecular flexibility index (Phi) is 5.83. The summed E-state index contributed by atoms with van der Waals surface area (Å²) in [5.74, 6) is 2.10. The molecule has 1 saturated heterocycles. The van der Waals surface area contributed by atoms with E-state index in [1.807, 2.05) is 42.3 Å². The average molecular weight is 409 g/mol. The molecule has 1 unspecified atom stereocenters. The van der Waals surface area contributed by atoms with Crippen LogP contribution in [0.5, 0.6) is 5.75 Å². The molecule has 2 amide bonds. The summed E-state index contributed by atoms with van der Waals surface area (Å²) in [5.41, 5.74) is 1.89. The van der Waals surface area contributed by atoms with Crippen LogP contribution in [0.4, 0.5) is 5.82 Å². The lowest BCUT2D eigenvalue weighted by Crippen LogP contribution is -2.40. The van der Waals surface area contributed by atoms with Crippen molar-refractivity contribution in [3.8, 4) is 5.75 Å². The molecule has 2 aromatic rings. The standard InChI is InChI=1S/C22H27N5O3/c1-15(28)27-11-6-9-19(27)22-24-18-10-12-26(13-17(18)21(23-2)25-22)20(29)14-30-16-7-4-3-5-8-16/h3-5,7-8,19H,6,9-14H2,1-2H3,(H,23,24,25). The second-order valence-corrected chi connectivity index (χ2v) is 7.64. The first-order valence-electron chi connectivity index (χ1n) is 10.4. The molecule has 2 aliphatic heterocycles. The van der Waals surface area contributed by atoms with Gasteiger partial charge in [0.25, 0.3) is 5.91 Å². The number of benzene rings is 1. The Morgan fingerprint density at radius 1 is 1.20 bits per heavy atom. The molecule has 0 radical (unpaired) electrons. The van der Waals surface area contributed by atoms with E-state index in [-0.39, 0.29) is 24.5 Å². The summed E-state index contributed by atoms with van der Waals surface area (Å²) in [4.78, 5) is 37.8. The van der Waals surface area contributed by atoms with Crippen LogP contribution in [-0.2, 0) is 22.6 Å². The van der Waals surface area contributed by atoms with Crippen LogP contribution in [0.2, 0.25) is 0 Å². The van der Waals surface area contributed by atoms with Crippen molar-refractivity contribution >= 4 is 17.6 Å². The topological polar surface area (TPSA) is 87.7 Å². The molecule has 1 aromatic carbocycles. The van der Waals surface area contributed by atoms with Crippen molar-refractivity contribution in [1.29, 1.82) is 0 Å². The fourth-order valence-electron chi connectivity index (χ4n) is 4.17.